The van der Waals surface area contributed by atoms with Gasteiger partial charge in [0.25, 0.3) is 0 Å². The van der Waals surface area contributed by atoms with E-state index >= 15 is 0 Å². The lowest BCUT2D eigenvalue weighted by molar-refractivity contribution is -0.209. The minimum Gasteiger partial charge on any atom is -0.458 e. The maximum absolute atomic E-state index is 12.2. The Hall–Kier alpha value is -2.23. The summed E-state index contributed by atoms with van der Waals surface area (Å²) in [4.78, 5) is 35.8. The number of carbonyl (C=O) groups is 3. The smallest absolute Gasteiger partial charge is 0.303 e. The van der Waals surface area contributed by atoms with E-state index in [4.69, 9.17) is 14.2 Å². The Labute approximate surface area is 206 Å². The first kappa shape index (κ1) is 27.4. The summed E-state index contributed by atoms with van der Waals surface area (Å²) in [6, 6.07) is 0. The van der Waals surface area contributed by atoms with Crippen LogP contribution in [0.3, 0.4) is 0 Å². The predicted molar refractivity (Wildman–Crippen MR) is 125 cm³/mol. The fraction of sp³-hybridized carbons (Fsp3) is 0.731. The molecule has 2 fully saturated rings. The zero-order valence-electron chi connectivity index (χ0n) is 21.6. The van der Waals surface area contributed by atoms with Crippen molar-refractivity contribution in [1.82, 2.24) is 0 Å². The molecule has 0 spiro atoms. The van der Waals surface area contributed by atoms with Crippen LogP contribution in [0.25, 0.3) is 0 Å². The van der Waals surface area contributed by atoms with E-state index in [1.807, 2.05) is 0 Å². The molecule has 0 aliphatic heterocycles. The van der Waals surface area contributed by atoms with Crippen molar-refractivity contribution < 1.29 is 43.9 Å². The number of carbonyl (C=O) groups excluding carboxylic acids is 3. The van der Waals surface area contributed by atoms with Crippen molar-refractivity contribution >= 4 is 17.9 Å². The van der Waals surface area contributed by atoms with Crippen molar-refractivity contribution in [2.75, 3.05) is 0 Å². The first-order chi connectivity index (χ1) is 16.0. The molecule has 0 aromatic heterocycles. The van der Waals surface area contributed by atoms with Crippen LogP contribution in [0.1, 0.15) is 67.7 Å². The second-order valence-electron chi connectivity index (χ2n) is 11.1. The molecule has 3 N–H and O–H groups in total. The van der Waals surface area contributed by atoms with Crippen molar-refractivity contribution in [3.05, 3.63) is 23.3 Å². The van der Waals surface area contributed by atoms with Crippen molar-refractivity contribution in [1.29, 1.82) is 0 Å². The molecule has 8 atom stereocenters. The zero-order chi connectivity index (χ0) is 26.7. The van der Waals surface area contributed by atoms with Crippen LogP contribution in [0.2, 0.25) is 0 Å². The second kappa shape index (κ2) is 9.01. The van der Waals surface area contributed by atoms with E-state index < -0.39 is 70.8 Å². The Balaban J connectivity index is 2.29. The topological polar surface area (TPSA) is 140 Å². The summed E-state index contributed by atoms with van der Waals surface area (Å²) in [6.07, 6.45) is -5.29. The van der Waals surface area contributed by atoms with Gasteiger partial charge in [-0.2, -0.15) is 0 Å². The quantitative estimate of drug-likeness (QED) is 0.305. The van der Waals surface area contributed by atoms with Gasteiger partial charge in [-0.25, -0.2) is 0 Å². The largest absolute Gasteiger partial charge is 0.458 e. The number of esters is 3. The van der Waals surface area contributed by atoms with E-state index in [2.05, 4.69) is 6.58 Å². The average molecular weight is 495 g/mol. The number of aliphatic hydroxyl groups excluding tert-OH is 2. The number of aliphatic hydroxyl groups is 3. The van der Waals surface area contributed by atoms with Crippen LogP contribution in [0.5, 0.6) is 0 Å². The van der Waals surface area contributed by atoms with Crippen molar-refractivity contribution in [3.8, 4) is 0 Å². The maximum Gasteiger partial charge on any atom is 0.303 e. The lowest BCUT2D eigenvalue weighted by Gasteiger charge is -2.61. The normalized spacial score (nSPS) is 40.7. The summed E-state index contributed by atoms with van der Waals surface area (Å²) in [5.41, 5.74) is -2.32. The highest BCUT2D eigenvalue weighted by atomic mass is 16.6. The molecule has 0 radical (unpaired) electrons. The van der Waals surface area contributed by atoms with Gasteiger partial charge in [0, 0.05) is 44.4 Å². The number of hydrogen-bond acceptors (Lipinski definition) is 9. The second-order valence-corrected chi connectivity index (χ2v) is 11.1. The molecule has 9 heteroatoms. The van der Waals surface area contributed by atoms with Gasteiger partial charge in [-0.15, -0.1) is 0 Å². The standard InChI is InChI=1S/C26H38O9/c1-12-17-10-26(32)11-19(34-15(4)28)13(2)21(24(26,6)7)22(35-16(5)29)23(31)25(17,8)20(30)9-18(12)33-14(3)27/h17-20,22-23,30-32H,1,9-11H2,2-8H3/t17-,18+,19+,20+,22-,23+,25+,26+/m1/s1. The Kier molecular flexibility index (Phi) is 7.05. The molecule has 3 aliphatic rings. The molecule has 0 aromatic carbocycles. The third kappa shape index (κ3) is 4.32. The molecule has 0 unspecified atom stereocenters. The summed E-state index contributed by atoms with van der Waals surface area (Å²) in [5.74, 6) is -2.44. The summed E-state index contributed by atoms with van der Waals surface area (Å²) in [5, 5.41) is 35.4. The highest BCUT2D eigenvalue weighted by Gasteiger charge is 2.65. The molecular weight excluding hydrogens is 456 g/mol. The number of hydrogen-bond donors (Lipinski definition) is 3. The van der Waals surface area contributed by atoms with Gasteiger partial charge in [0.15, 0.2) is 6.10 Å². The molecule has 3 rings (SSSR count). The van der Waals surface area contributed by atoms with Crippen molar-refractivity contribution in [2.24, 2.45) is 16.7 Å². The van der Waals surface area contributed by atoms with Crippen LogP contribution in [-0.4, -0.2) is 69.3 Å². The van der Waals surface area contributed by atoms with E-state index in [9.17, 15) is 29.7 Å². The fourth-order valence-corrected chi connectivity index (χ4v) is 6.55. The van der Waals surface area contributed by atoms with Gasteiger partial charge >= 0.3 is 17.9 Å². The molecule has 35 heavy (non-hydrogen) atoms. The summed E-state index contributed by atoms with van der Waals surface area (Å²) in [6.45, 7) is 14.9. The fourth-order valence-electron chi connectivity index (χ4n) is 6.55. The summed E-state index contributed by atoms with van der Waals surface area (Å²) >= 11 is 0. The van der Waals surface area contributed by atoms with Crippen LogP contribution in [0.4, 0.5) is 0 Å². The molecular formula is C26H38O9. The minimum absolute atomic E-state index is 0.00515. The van der Waals surface area contributed by atoms with Crippen molar-refractivity contribution in [3.63, 3.8) is 0 Å². The SMILES string of the molecule is C=C1[C@@H](OC(C)=O)C[C@H](O)[C@]2(C)[C@@H]1C[C@]1(O)C[C@H](OC(C)=O)C(C)=C([C@@H](OC(C)=O)[C@@H]2O)C1(C)C. The highest BCUT2D eigenvalue weighted by molar-refractivity contribution is 5.68. The van der Waals surface area contributed by atoms with E-state index in [0.29, 0.717) is 16.7 Å². The van der Waals surface area contributed by atoms with Gasteiger partial charge < -0.3 is 29.5 Å². The number of rotatable bonds is 3. The Bertz CT molecular complexity index is 966. The van der Waals surface area contributed by atoms with Crippen LogP contribution in [-0.2, 0) is 28.6 Å². The van der Waals surface area contributed by atoms with Gasteiger partial charge in [-0.3, -0.25) is 14.4 Å². The van der Waals surface area contributed by atoms with E-state index in [0.717, 1.165) is 0 Å². The summed E-state index contributed by atoms with van der Waals surface area (Å²) in [7, 11) is 0. The Morgan fingerprint density at radius 1 is 0.914 bits per heavy atom. The lowest BCUT2D eigenvalue weighted by Crippen LogP contribution is -2.67. The lowest BCUT2D eigenvalue weighted by atomic mass is 9.48. The van der Waals surface area contributed by atoms with Gasteiger partial charge in [0.2, 0.25) is 0 Å². The number of ether oxygens (including phenoxy) is 3. The van der Waals surface area contributed by atoms with Crippen molar-refractivity contribution in [2.45, 2.75) is 104 Å². The molecule has 0 amide bonds. The van der Waals surface area contributed by atoms with Crippen LogP contribution < -0.4 is 0 Å². The zero-order valence-corrected chi connectivity index (χ0v) is 21.6. The number of fused-ring (bicyclic) bond motifs is 3. The molecule has 196 valence electrons. The monoisotopic (exact) mass is 494 g/mol. The van der Waals surface area contributed by atoms with Gasteiger partial charge in [-0.05, 0) is 36.0 Å². The van der Waals surface area contributed by atoms with Crippen LogP contribution in [0, 0.1) is 16.7 Å². The van der Waals surface area contributed by atoms with E-state index in [-0.39, 0.29) is 19.3 Å². The van der Waals surface area contributed by atoms with Crippen LogP contribution >= 0.6 is 0 Å². The maximum atomic E-state index is 12.2. The summed E-state index contributed by atoms with van der Waals surface area (Å²) < 4.78 is 16.7. The van der Waals surface area contributed by atoms with Gasteiger partial charge in [0.1, 0.15) is 18.3 Å². The molecule has 0 heterocycles. The van der Waals surface area contributed by atoms with E-state index in [1.54, 1.807) is 27.7 Å². The molecule has 0 aromatic rings. The first-order valence-corrected chi connectivity index (χ1v) is 12.0. The Morgan fingerprint density at radius 3 is 1.94 bits per heavy atom. The molecule has 2 bridgehead atoms. The molecule has 2 saturated carbocycles. The van der Waals surface area contributed by atoms with Gasteiger partial charge in [0.05, 0.1) is 11.7 Å². The van der Waals surface area contributed by atoms with Crippen LogP contribution in [0.15, 0.2) is 23.3 Å². The highest BCUT2D eigenvalue weighted by Crippen LogP contribution is 2.61. The first-order valence-electron chi connectivity index (χ1n) is 12.0. The molecule has 3 aliphatic carbocycles. The third-order valence-electron chi connectivity index (χ3n) is 8.69. The van der Waals surface area contributed by atoms with Gasteiger partial charge in [-0.1, -0.05) is 27.4 Å². The third-order valence-corrected chi connectivity index (χ3v) is 8.69. The molecule has 0 saturated heterocycles. The molecule has 9 nitrogen and oxygen atoms in total. The minimum atomic E-state index is -1.51. The van der Waals surface area contributed by atoms with E-state index in [1.165, 1.54) is 20.8 Å². The Morgan fingerprint density at radius 2 is 1.43 bits per heavy atom. The average Bonchev–Trinajstić information content (AvgIpc) is 2.70. The predicted octanol–water partition coefficient (Wildman–Crippen LogP) is 1.97.